The summed E-state index contributed by atoms with van der Waals surface area (Å²) in [7, 11) is 4.90. The maximum Gasteiger partial charge on any atom is 0.339 e. The van der Waals surface area contributed by atoms with Crippen molar-refractivity contribution in [2.45, 2.75) is 0 Å². The number of aromatic amines is 1. The molecule has 8 nitrogen and oxygen atoms in total. The molecule has 0 bridgehead atoms. The number of halogens is 1. The molecule has 0 aliphatic carbocycles. The highest BCUT2D eigenvalue weighted by Crippen LogP contribution is 2.26. The van der Waals surface area contributed by atoms with Crippen molar-refractivity contribution in [2.24, 2.45) is 0 Å². The Kier molecular flexibility index (Phi) is 5.83. The zero-order valence-electron chi connectivity index (χ0n) is 16.3. The minimum absolute atomic E-state index is 0.0845. The Morgan fingerprint density at radius 3 is 2.31 bits per heavy atom. The van der Waals surface area contributed by atoms with Gasteiger partial charge in [-0.2, -0.15) is 0 Å². The van der Waals surface area contributed by atoms with E-state index < -0.39 is 23.5 Å². The lowest BCUT2D eigenvalue weighted by Crippen LogP contribution is -2.54. The highest BCUT2D eigenvalue weighted by Gasteiger charge is 2.30. The van der Waals surface area contributed by atoms with Gasteiger partial charge in [0.15, 0.2) is 5.11 Å². The second kappa shape index (κ2) is 8.16. The molecule has 0 unspecified atom stereocenters. The molecule has 3 rings (SSSR count). The predicted molar refractivity (Wildman–Crippen MR) is 108 cm³/mol. The number of rotatable bonds is 3. The van der Waals surface area contributed by atoms with E-state index in [4.69, 9.17) is 12.2 Å². The van der Waals surface area contributed by atoms with E-state index in [0.717, 1.165) is 6.07 Å². The quantitative estimate of drug-likeness (QED) is 0.346. The van der Waals surface area contributed by atoms with Gasteiger partial charge in [-0.3, -0.25) is 9.59 Å². The van der Waals surface area contributed by atoms with Crippen LogP contribution in [0.1, 0.15) is 20.7 Å². The van der Waals surface area contributed by atoms with E-state index in [1.54, 1.807) is 0 Å². The van der Waals surface area contributed by atoms with Crippen LogP contribution in [-0.4, -0.2) is 89.8 Å². The van der Waals surface area contributed by atoms with Crippen LogP contribution in [0.3, 0.4) is 0 Å². The molecule has 154 valence electrons. The number of ether oxygens (including phenoxy) is 1. The number of nitrogens with zero attached hydrogens (tertiary/aromatic N) is 3. The van der Waals surface area contributed by atoms with E-state index in [1.807, 2.05) is 23.9 Å². The van der Waals surface area contributed by atoms with Crippen molar-refractivity contribution < 1.29 is 23.5 Å². The van der Waals surface area contributed by atoms with Crippen molar-refractivity contribution in [2.75, 3.05) is 47.4 Å². The smallest absolute Gasteiger partial charge is 0.339 e. The van der Waals surface area contributed by atoms with Crippen molar-refractivity contribution in [1.29, 1.82) is 0 Å². The summed E-state index contributed by atoms with van der Waals surface area (Å²) in [6.45, 7) is 1.67. The zero-order chi connectivity index (χ0) is 21.3. The van der Waals surface area contributed by atoms with Crippen molar-refractivity contribution >= 4 is 45.9 Å². The summed E-state index contributed by atoms with van der Waals surface area (Å²) >= 11 is 5.33. The van der Waals surface area contributed by atoms with Crippen molar-refractivity contribution in [3.63, 3.8) is 0 Å². The Morgan fingerprint density at radius 1 is 1.10 bits per heavy atom. The highest BCUT2D eigenvalue weighted by molar-refractivity contribution is 7.80. The first-order chi connectivity index (χ1) is 13.8. The summed E-state index contributed by atoms with van der Waals surface area (Å²) < 4.78 is 19.1. The number of fused-ring (bicyclic) bond motifs is 1. The number of amides is 1. The molecular formula is C19H21FN4O4S. The Balaban J connectivity index is 1.82. The number of benzene rings is 1. The van der Waals surface area contributed by atoms with Gasteiger partial charge in [0.1, 0.15) is 5.82 Å². The fourth-order valence-electron chi connectivity index (χ4n) is 3.31. The second-order valence-electron chi connectivity index (χ2n) is 6.82. The number of H-pyrrole nitrogens is 1. The third kappa shape index (κ3) is 3.80. The molecular weight excluding hydrogens is 399 g/mol. The van der Waals surface area contributed by atoms with E-state index in [-0.39, 0.29) is 22.0 Å². The van der Waals surface area contributed by atoms with E-state index in [9.17, 15) is 18.8 Å². The third-order valence-electron chi connectivity index (χ3n) is 4.85. The van der Waals surface area contributed by atoms with Crippen LogP contribution in [0.5, 0.6) is 0 Å². The zero-order valence-corrected chi connectivity index (χ0v) is 17.1. The van der Waals surface area contributed by atoms with Crippen LogP contribution < -0.4 is 0 Å². The lowest BCUT2D eigenvalue weighted by atomic mass is 10.0. The highest BCUT2D eigenvalue weighted by atomic mass is 32.1. The first-order valence-electron chi connectivity index (χ1n) is 8.94. The van der Waals surface area contributed by atoms with Gasteiger partial charge in [-0.05, 0) is 24.4 Å². The summed E-state index contributed by atoms with van der Waals surface area (Å²) in [5, 5.41) is 0.566. The Hall–Kier alpha value is -3.01. The molecule has 0 radical (unpaired) electrons. The largest absolute Gasteiger partial charge is 0.465 e. The number of ketones is 1. The van der Waals surface area contributed by atoms with Crippen LogP contribution in [0.15, 0.2) is 18.3 Å². The normalized spacial score (nSPS) is 14.1. The minimum atomic E-state index is -0.833. The van der Waals surface area contributed by atoms with Crippen LogP contribution in [-0.2, 0) is 9.53 Å². The van der Waals surface area contributed by atoms with Crippen molar-refractivity contribution in [3.05, 3.63) is 35.3 Å². The number of hydrogen-bond acceptors (Lipinski definition) is 5. The summed E-state index contributed by atoms with van der Waals surface area (Å²) in [4.78, 5) is 45.3. The van der Waals surface area contributed by atoms with Gasteiger partial charge in [-0.25, -0.2) is 9.18 Å². The molecule has 1 aliphatic rings. The molecule has 29 heavy (non-hydrogen) atoms. The number of carbonyl (C=O) groups excluding carboxylic acids is 3. The van der Waals surface area contributed by atoms with Crippen molar-refractivity contribution in [1.82, 2.24) is 19.7 Å². The number of methoxy groups -OCH3 is 1. The summed E-state index contributed by atoms with van der Waals surface area (Å²) in [5.41, 5.74) is 0.0925. The Labute approximate surface area is 172 Å². The maximum atomic E-state index is 14.4. The van der Waals surface area contributed by atoms with Gasteiger partial charge in [0, 0.05) is 51.9 Å². The molecule has 1 fully saturated rings. The van der Waals surface area contributed by atoms with Gasteiger partial charge in [-0.1, -0.05) is 0 Å². The number of esters is 1. The Morgan fingerprint density at radius 2 is 1.72 bits per heavy atom. The second-order valence-corrected chi connectivity index (χ2v) is 7.19. The van der Waals surface area contributed by atoms with Crippen LogP contribution in [0.25, 0.3) is 10.9 Å². The predicted octanol–water partition coefficient (Wildman–Crippen LogP) is 1.27. The first-order valence-corrected chi connectivity index (χ1v) is 9.34. The van der Waals surface area contributed by atoms with Crippen LogP contribution in [0.4, 0.5) is 4.39 Å². The molecule has 10 heteroatoms. The number of nitrogens with one attached hydrogen (secondary N) is 1. The summed E-state index contributed by atoms with van der Waals surface area (Å²) in [6.07, 6.45) is 1.25. The minimum Gasteiger partial charge on any atom is -0.465 e. The molecule has 1 N–H and O–H groups in total. The summed E-state index contributed by atoms with van der Waals surface area (Å²) in [6, 6.07) is 2.34. The van der Waals surface area contributed by atoms with Gasteiger partial charge >= 0.3 is 5.97 Å². The molecule has 2 heterocycles. The first kappa shape index (κ1) is 20.7. The number of Topliss-reactive ketones (excluding diaryl/α,β-unsaturated/α-hetero) is 1. The molecule has 0 saturated carbocycles. The van der Waals surface area contributed by atoms with E-state index in [0.29, 0.717) is 31.3 Å². The number of aromatic nitrogens is 1. The average Bonchev–Trinajstić information content (AvgIpc) is 3.18. The van der Waals surface area contributed by atoms with E-state index >= 15 is 0 Å². The summed E-state index contributed by atoms with van der Waals surface area (Å²) in [5.74, 6) is -2.92. The number of hydrogen-bond donors (Lipinski definition) is 1. The van der Waals surface area contributed by atoms with E-state index in [2.05, 4.69) is 9.72 Å². The lowest BCUT2D eigenvalue weighted by Gasteiger charge is -2.37. The van der Waals surface area contributed by atoms with Gasteiger partial charge in [-0.15, -0.1) is 0 Å². The van der Waals surface area contributed by atoms with Gasteiger partial charge in [0.25, 0.3) is 11.7 Å². The molecule has 2 aromatic rings. The average molecular weight is 420 g/mol. The van der Waals surface area contributed by atoms with Crippen LogP contribution in [0.2, 0.25) is 0 Å². The molecule has 0 spiro atoms. The van der Waals surface area contributed by atoms with E-state index in [1.165, 1.54) is 24.3 Å². The fraction of sp³-hybridized carbons (Fsp3) is 0.368. The molecule has 1 aliphatic heterocycles. The van der Waals surface area contributed by atoms with Gasteiger partial charge in [0.2, 0.25) is 0 Å². The lowest BCUT2D eigenvalue weighted by molar-refractivity contribution is -0.127. The molecule has 1 amide bonds. The molecule has 1 aromatic heterocycles. The monoisotopic (exact) mass is 420 g/mol. The van der Waals surface area contributed by atoms with Gasteiger partial charge < -0.3 is 24.4 Å². The maximum absolute atomic E-state index is 14.4. The topological polar surface area (TPSA) is 85.9 Å². The van der Waals surface area contributed by atoms with Gasteiger partial charge in [0.05, 0.1) is 23.8 Å². The van der Waals surface area contributed by atoms with Crippen LogP contribution >= 0.6 is 12.2 Å². The van der Waals surface area contributed by atoms with Crippen LogP contribution in [0, 0.1) is 5.82 Å². The molecule has 0 atom stereocenters. The number of thiocarbonyl (C=S) groups is 1. The SMILES string of the molecule is COC(=O)c1ccc(F)c2c(C(=O)C(=O)N3CCN(C(=S)N(C)C)CC3)c[nH]c12. The molecule has 1 aromatic carbocycles. The Bertz CT molecular complexity index is 996. The van der Waals surface area contributed by atoms with Crippen molar-refractivity contribution in [3.8, 4) is 0 Å². The fourth-order valence-corrected chi connectivity index (χ4v) is 3.49. The number of piperazine rings is 1. The third-order valence-corrected chi connectivity index (χ3v) is 5.47. The molecule has 1 saturated heterocycles. The number of carbonyl (C=O) groups is 3. The standard InChI is InChI=1S/C19H21FN4O4S/c1-22(2)19(29)24-8-6-23(7-9-24)17(26)16(25)12-10-21-15-11(18(27)28-3)4-5-13(20)14(12)15/h4-5,10,21H,6-9H2,1-3H3.